The average Bonchev–Trinajstić information content (AvgIpc) is 2.66. The number of sulfonamides is 1. The second kappa shape index (κ2) is 7.86. The molecule has 3 aromatic rings. The van der Waals surface area contributed by atoms with E-state index in [9.17, 15) is 13.2 Å². The monoisotopic (exact) mass is 394 g/mol. The Kier molecular flexibility index (Phi) is 5.51. The number of para-hydroxylation sites is 1. The second-order valence-electron chi connectivity index (χ2n) is 6.72. The molecule has 0 saturated carbocycles. The zero-order valence-corrected chi connectivity index (χ0v) is 16.8. The van der Waals surface area contributed by atoms with Crippen molar-refractivity contribution in [3.63, 3.8) is 0 Å². The van der Waals surface area contributed by atoms with Gasteiger partial charge in [0.1, 0.15) is 0 Å². The van der Waals surface area contributed by atoms with Crippen molar-refractivity contribution in [3.05, 3.63) is 89.0 Å². The number of aryl methyl sites for hydroxylation is 3. The number of nitrogens with one attached hydrogen (secondary N) is 2. The summed E-state index contributed by atoms with van der Waals surface area (Å²) >= 11 is 0. The molecule has 0 radical (unpaired) electrons. The first-order chi connectivity index (χ1) is 13.3. The van der Waals surface area contributed by atoms with Crippen LogP contribution in [0.2, 0.25) is 0 Å². The molecule has 0 unspecified atom stereocenters. The van der Waals surface area contributed by atoms with Crippen LogP contribution in [0.25, 0.3) is 0 Å². The van der Waals surface area contributed by atoms with Crippen molar-refractivity contribution in [2.75, 3.05) is 10.0 Å². The molecule has 3 aromatic carbocycles. The lowest BCUT2D eigenvalue weighted by molar-refractivity contribution is 0.102. The molecule has 0 aliphatic heterocycles. The molecule has 0 spiro atoms. The van der Waals surface area contributed by atoms with Crippen LogP contribution < -0.4 is 10.0 Å². The van der Waals surface area contributed by atoms with Gasteiger partial charge < -0.3 is 5.32 Å². The lowest BCUT2D eigenvalue weighted by Crippen LogP contribution is -2.15. The van der Waals surface area contributed by atoms with E-state index < -0.39 is 10.0 Å². The molecule has 0 aromatic heterocycles. The molecular weight excluding hydrogens is 372 g/mol. The number of carbonyl (C=O) groups is 1. The van der Waals surface area contributed by atoms with Gasteiger partial charge in [-0.05, 0) is 68.3 Å². The fraction of sp³-hybridized carbons (Fsp3) is 0.136. The van der Waals surface area contributed by atoms with Gasteiger partial charge in [-0.2, -0.15) is 0 Å². The van der Waals surface area contributed by atoms with Crippen molar-refractivity contribution in [3.8, 4) is 0 Å². The standard InChI is InChI=1S/C22H22N2O3S/c1-15-7-11-19(12-8-15)24-28(26,27)20-13-9-18(10-14-20)22(25)23-21-16(2)5-4-6-17(21)3/h4-14,24H,1-3H3,(H,23,25). The number of benzene rings is 3. The van der Waals surface area contributed by atoms with E-state index in [1.54, 1.807) is 12.1 Å². The van der Waals surface area contributed by atoms with E-state index in [4.69, 9.17) is 0 Å². The lowest BCUT2D eigenvalue weighted by atomic mass is 10.1. The van der Waals surface area contributed by atoms with Gasteiger partial charge in [-0.25, -0.2) is 8.42 Å². The van der Waals surface area contributed by atoms with Crippen molar-refractivity contribution >= 4 is 27.3 Å². The van der Waals surface area contributed by atoms with Crippen LogP contribution in [0.3, 0.4) is 0 Å². The lowest BCUT2D eigenvalue weighted by Gasteiger charge is -2.12. The molecule has 0 saturated heterocycles. The molecular formula is C22H22N2O3S. The summed E-state index contributed by atoms with van der Waals surface area (Å²) in [5, 5.41) is 2.89. The molecule has 0 heterocycles. The van der Waals surface area contributed by atoms with E-state index in [1.807, 2.05) is 51.1 Å². The van der Waals surface area contributed by atoms with Crippen LogP contribution in [0.4, 0.5) is 11.4 Å². The molecule has 0 aliphatic carbocycles. The van der Waals surface area contributed by atoms with Crippen LogP contribution in [0.5, 0.6) is 0 Å². The third-order valence-corrected chi connectivity index (χ3v) is 5.85. The number of anilines is 2. The SMILES string of the molecule is Cc1ccc(NS(=O)(=O)c2ccc(C(=O)Nc3c(C)cccc3C)cc2)cc1. The van der Waals surface area contributed by atoms with Crippen molar-refractivity contribution < 1.29 is 13.2 Å². The minimum Gasteiger partial charge on any atom is -0.322 e. The first kappa shape index (κ1) is 19.6. The molecule has 5 nitrogen and oxygen atoms in total. The summed E-state index contributed by atoms with van der Waals surface area (Å²) in [7, 11) is -3.72. The minimum absolute atomic E-state index is 0.0942. The summed E-state index contributed by atoms with van der Waals surface area (Å²) in [6.45, 7) is 5.78. The van der Waals surface area contributed by atoms with Gasteiger partial charge in [-0.15, -0.1) is 0 Å². The van der Waals surface area contributed by atoms with Crippen molar-refractivity contribution in [2.24, 2.45) is 0 Å². The first-order valence-corrected chi connectivity index (χ1v) is 10.3. The van der Waals surface area contributed by atoms with Crippen LogP contribution in [0, 0.1) is 20.8 Å². The largest absolute Gasteiger partial charge is 0.322 e. The van der Waals surface area contributed by atoms with E-state index in [0.717, 1.165) is 22.4 Å². The molecule has 3 rings (SSSR count). The number of carbonyl (C=O) groups excluding carboxylic acids is 1. The Morgan fingerprint density at radius 3 is 1.93 bits per heavy atom. The van der Waals surface area contributed by atoms with Crippen LogP contribution in [-0.4, -0.2) is 14.3 Å². The Morgan fingerprint density at radius 2 is 1.36 bits per heavy atom. The first-order valence-electron chi connectivity index (χ1n) is 8.83. The predicted octanol–water partition coefficient (Wildman–Crippen LogP) is 4.66. The average molecular weight is 394 g/mol. The highest BCUT2D eigenvalue weighted by molar-refractivity contribution is 7.92. The number of rotatable bonds is 5. The third-order valence-electron chi connectivity index (χ3n) is 4.45. The van der Waals surface area contributed by atoms with Gasteiger partial charge in [-0.3, -0.25) is 9.52 Å². The molecule has 1 amide bonds. The van der Waals surface area contributed by atoms with Crippen LogP contribution >= 0.6 is 0 Å². The normalized spacial score (nSPS) is 11.1. The van der Waals surface area contributed by atoms with Crippen LogP contribution in [0.15, 0.2) is 71.6 Å². The number of hydrogen-bond donors (Lipinski definition) is 2. The highest BCUT2D eigenvalue weighted by Crippen LogP contribution is 2.21. The predicted molar refractivity (Wildman–Crippen MR) is 112 cm³/mol. The maximum Gasteiger partial charge on any atom is 0.261 e. The number of hydrogen-bond acceptors (Lipinski definition) is 3. The Morgan fingerprint density at radius 1 is 0.786 bits per heavy atom. The van der Waals surface area contributed by atoms with E-state index >= 15 is 0 Å². The summed E-state index contributed by atoms with van der Waals surface area (Å²) in [5.41, 5.74) is 4.62. The minimum atomic E-state index is -3.72. The van der Waals surface area contributed by atoms with E-state index in [1.165, 1.54) is 24.3 Å². The molecule has 0 fully saturated rings. The van der Waals surface area contributed by atoms with Crippen molar-refractivity contribution in [2.45, 2.75) is 25.7 Å². The Hall–Kier alpha value is -3.12. The molecule has 6 heteroatoms. The van der Waals surface area contributed by atoms with Crippen LogP contribution in [-0.2, 0) is 10.0 Å². The van der Waals surface area contributed by atoms with E-state index in [0.29, 0.717) is 11.3 Å². The maximum atomic E-state index is 12.5. The Bertz CT molecular complexity index is 1080. The molecule has 2 N–H and O–H groups in total. The van der Waals surface area contributed by atoms with Crippen molar-refractivity contribution in [1.29, 1.82) is 0 Å². The Labute approximate surface area is 165 Å². The summed E-state index contributed by atoms with van der Waals surface area (Å²) in [4.78, 5) is 12.6. The fourth-order valence-electron chi connectivity index (χ4n) is 2.82. The van der Waals surface area contributed by atoms with Gasteiger partial charge in [0.15, 0.2) is 0 Å². The highest BCUT2D eigenvalue weighted by atomic mass is 32.2. The molecule has 0 bridgehead atoms. The van der Waals surface area contributed by atoms with E-state index in [-0.39, 0.29) is 10.8 Å². The summed E-state index contributed by atoms with van der Waals surface area (Å²) in [5.74, 6) is -0.284. The molecule has 0 atom stereocenters. The van der Waals surface area contributed by atoms with Crippen LogP contribution in [0.1, 0.15) is 27.0 Å². The summed E-state index contributed by atoms with van der Waals surface area (Å²) < 4.78 is 27.6. The quantitative estimate of drug-likeness (QED) is 0.661. The second-order valence-corrected chi connectivity index (χ2v) is 8.40. The van der Waals surface area contributed by atoms with E-state index in [2.05, 4.69) is 10.0 Å². The van der Waals surface area contributed by atoms with Gasteiger partial charge in [0.2, 0.25) is 0 Å². The smallest absolute Gasteiger partial charge is 0.261 e. The summed E-state index contributed by atoms with van der Waals surface area (Å²) in [6.07, 6.45) is 0. The third kappa shape index (κ3) is 4.40. The highest BCUT2D eigenvalue weighted by Gasteiger charge is 2.16. The molecule has 144 valence electrons. The molecule has 28 heavy (non-hydrogen) atoms. The van der Waals surface area contributed by atoms with Gasteiger partial charge in [0, 0.05) is 16.9 Å². The zero-order valence-electron chi connectivity index (χ0n) is 16.0. The van der Waals surface area contributed by atoms with Gasteiger partial charge in [0.25, 0.3) is 15.9 Å². The van der Waals surface area contributed by atoms with Gasteiger partial charge in [0.05, 0.1) is 4.90 Å². The zero-order chi connectivity index (χ0) is 20.3. The summed E-state index contributed by atoms with van der Waals surface area (Å²) in [6, 6.07) is 18.7. The van der Waals surface area contributed by atoms with Gasteiger partial charge in [-0.1, -0.05) is 35.9 Å². The fourth-order valence-corrected chi connectivity index (χ4v) is 3.88. The Balaban J connectivity index is 1.77. The van der Waals surface area contributed by atoms with Gasteiger partial charge >= 0.3 is 0 Å². The number of amides is 1. The maximum absolute atomic E-state index is 12.5. The van der Waals surface area contributed by atoms with Crippen molar-refractivity contribution in [1.82, 2.24) is 0 Å². The molecule has 0 aliphatic rings. The topological polar surface area (TPSA) is 75.3 Å².